The number of nitrogens with zero attached hydrogens (tertiary/aromatic N) is 5. The van der Waals surface area contributed by atoms with Crippen molar-refractivity contribution in [3.05, 3.63) is 42.4 Å². The van der Waals surface area contributed by atoms with Crippen molar-refractivity contribution in [3.8, 4) is 22.9 Å². The Morgan fingerprint density at radius 3 is 2.77 bits per heavy atom. The number of carbonyl (C=O) groups excluding carboxylic acids is 1. The number of nitrogens with one attached hydrogen (secondary N) is 1. The van der Waals surface area contributed by atoms with Gasteiger partial charge in [0.1, 0.15) is 23.2 Å². The third-order valence-corrected chi connectivity index (χ3v) is 5.69. The van der Waals surface area contributed by atoms with Crippen LogP contribution >= 0.6 is 0 Å². The van der Waals surface area contributed by atoms with Gasteiger partial charge in [0, 0.05) is 30.4 Å². The standard InChI is InChI=1S/C25H30N6O4/c1-5-34-18-10-19(23-17(11-26)13-28-31(23)14-18)16-6-7-22(27-12-16)30-9-8-20(21(32)15-30)29-24(33)35-25(2,3)4/h6-7,10,12-14,20-21,32H,5,8-9,15H2,1-4H3,(H,29,33)/t20-,21+/m1/s1. The van der Waals surface area contributed by atoms with Crippen molar-refractivity contribution in [2.75, 3.05) is 24.6 Å². The van der Waals surface area contributed by atoms with Crippen molar-refractivity contribution >= 4 is 17.4 Å². The number of carbonyl (C=O) groups is 1. The lowest BCUT2D eigenvalue weighted by Crippen LogP contribution is -2.55. The fourth-order valence-corrected chi connectivity index (χ4v) is 4.14. The predicted molar refractivity (Wildman–Crippen MR) is 130 cm³/mol. The number of hydrogen-bond donors (Lipinski definition) is 2. The number of ether oxygens (including phenoxy) is 2. The molecule has 0 unspecified atom stereocenters. The quantitative estimate of drug-likeness (QED) is 0.573. The van der Waals surface area contributed by atoms with Crippen LogP contribution in [0, 0.1) is 11.3 Å². The van der Waals surface area contributed by atoms with Crippen LogP contribution in [0.15, 0.2) is 36.8 Å². The van der Waals surface area contributed by atoms with Crippen LogP contribution in [0.3, 0.4) is 0 Å². The molecular weight excluding hydrogens is 448 g/mol. The fourth-order valence-electron chi connectivity index (χ4n) is 4.14. The normalized spacial score (nSPS) is 18.2. The van der Waals surface area contributed by atoms with Gasteiger partial charge < -0.3 is 24.8 Å². The summed E-state index contributed by atoms with van der Waals surface area (Å²) in [6, 6.07) is 7.50. The molecule has 0 aliphatic carbocycles. The summed E-state index contributed by atoms with van der Waals surface area (Å²) in [7, 11) is 0. The molecule has 1 aliphatic rings. The summed E-state index contributed by atoms with van der Waals surface area (Å²) in [6.45, 7) is 8.76. The number of hydrogen-bond acceptors (Lipinski definition) is 8. The first-order valence-electron chi connectivity index (χ1n) is 11.6. The minimum atomic E-state index is -0.759. The number of rotatable bonds is 5. The van der Waals surface area contributed by atoms with Gasteiger partial charge in [-0.3, -0.25) is 0 Å². The molecule has 0 aromatic carbocycles. The highest BCUT2D eigenvalue weighted by molar-refractivity contribution is 5.85. The molecule has 2 atom stereocenters. The third kappa shape index (κ3) is 5.46. The number of β-amino-alcohol motifs (C(OH)–C–C–N with tert-alkyl or cyclic N) is 1. The highest BCUT2D eigenvalue weighted by Crippen LogP contribution is 2.31. The molecule has 1 amide bonds. The van der Waals surface area contributed by atoms with Gasteiger partial charge in [0.05, 0.1) is 42.2 Å². The predicted octanol–water partition coefficient (Wildman–Crippen LogP) is 3.13. The SMILES string of the molecule is CCOc1cc(-c2ccc(N3CC[C@@H](NC(=O)OC(C)(C)C)[C@@H](O)C3)nc2)c2c(C#N)cnn2c1. The maximum atomic E-state index is 12.1. The first-order chi connectivity index (χ1) is 16.7. The van der Waals surface area contributed by atoms with E-state index in [1.54, 1.807) is 37.7 Å². The number of piperidine rings is 1. The number of fused-ring (bicyclic) bond motifs is 1. The molecule has 10 nitrogen and oxygen atoms in total. The molecule has 3 aromatic heterocycles. The summed E-state index contributed by atoms with van der Waals surface area (Å²) in [5.74, 6) is 1.36. The minimum absolute atomic E-state index is 0.331. The van der Waals surface area contributed by atoms with E-state index in [9.17, 15) is 15.2 Å². The average Bonchev–Trinajstić information content (AvgIpc) is 3.22. The summed E-state index contributed by atoms with van der Waals surface area (Å²) in [6.07, 6.45) is 4.29. The third-order valence-electron chi connectivity index (χ3n) is 5.69. The van der Waals surface area contributed by atoms with E-state index in [1.165, 1.54) is 6.20 Å². The smallest absolute Gasteiger partial charge is 0.407 e. The largest absolute Gasteiger partial charge is 0.492 e. The van der Waals surface area contributed by atoms with E-state index in [-0.39, 0.29) is 6.04 Å². The Hall–Kier alpha value is -3.84. The van der Waals surface area contributed by atoms with E-state index in [0.717, 1.165) is 16.9 Å². The Morgan fingerprint density at radius 1 is 1.34 bits per heavy atom. The van der Waals surface area contributed by atoms with Crippen LogP contribution < -0.4 is 15.0 Å². The van der Waals surface area contributed by atoms with Gasteiger partial charge in [0.25, 0.3) is 0 Å². The molecule has 0 spiro atoms. The lowest BCUT2D eigenvalue weighted by Gasteiger charge is -2.37. The number of aliphatic hydroxyl groups excluding tert-OH is 1. The summed E-state index contributed by atoms with van der Waals surface area (Å²) in [5, 5.41) is 27.2. The van der Waals surface area contributed by atoms with Gasteiger partial charge in [0.2, 0.25) is 0 Å². The second kappa shape index (κ2) is 9.80. The van der Waals surface area contributed by atoms with E-state index in [0.29, 0.717) is 42.9 Å². The van der Waals surface area contributed by atoms with Gasteiger partial charge in [-0.1, -0.05) is 0 Å². The van der Waals surface area contributed by atoms with Gasteiger partial charge in [0.15, 0.2) is 0 Å². The number of aliphatic hydroxyl groups is 1. The zero-order valence-electron chi connectivity index (χ0n) is 20.4. The van der Waals surface area contributed by atoms with Gasteiger partial charge in [-0.05, 0) is 52.3 Å². The summed E-state index contributed by atoms with van der Waals surface area (Å²) in [4.78, 5) is 18.7. The Bertz CT molecular complexity index is 1240. The molecule has 184 valence electrons. The molecule has 10 heteroatoms. The second-order valence-corrected chi connectivity index (χ2v) is 9.45. The Morgan fingerprint density at radius 2 is 2.14 bits per heavy atom. The van der Waals surface area contributed by atoms with Crippen molar-refractivity contribution < 1.29 is 19.4 Å². The zero-order valence-corrected chi connectivity index (χ0v) is 20.4. The molecule has 4 rings (SSSR count). The van der Waals surface area contributed by atoms with E-state index < -0.39 is 17.8 Å². The van der Waals surface area contributed by atoms with Crippen molar-refractivity contribution in [2.24, 2.45) is 0 Å². The molecular formula is C25H30N6O4. The molecule has 4 heterocycles. The highest BCUT2D eigenvalue weighted by atomic mass is 16.6. The molecule has 0 radical (unpaired) electrons. The Labute approximate surface area is 204 Å². The summed E-state index contributed by atoms with van der Waals surface area (Å²) in [5.41, 5.74) is 2.17. The van der Waals surface area contributed by atoms with E-state index in [2.05, 4.69) is 21.5 Å². The maximum Gasteiger partial charge on any atom is 0.407 e. The van der Waals surface area contributed by atoms with E-state index in [4.69, 9.17) is 9.47 Å². The van der Waals surface area contributed by atoms with E-state index in [1.807, 2.05) is 30.0 Å². The molecule has 1 aliphatic heterocycles. The van der Waals surface area contributed by atoms with Crippen molar-refractivity contribution in [1.29, 1.82) is 5.26 Å². The van der Waals surface area contributed by atoms with Crippen molar-refractivity contribution in [2.45, 2.75) is 51.9 Å². The fraction of sp³-hybridized carbons (Fsp3) is 0.440. The Balaban J connectivity index is 1.51. The minimum Gasteiger partial charge on any atom is -0.492 e. The molecule has 0 saturated carbocycles. The highest BCUT2D eigenvalue weighted by Gasteiger charge is 2.31. The van der Waals surface area contributed by atoms with Crippen LogP contribution in [-0.4, -0.2) is 63.2 Å². The number of pyridine rings is 2. The topological polar surface area (TPSA) is 125 Å². The molecule has 35 heavy (non-hydrogen) atoms. The zero-order chi connectivity index (χ0) is 25.2. The van der Waals surface area contributed by atoms with E-state index >= 15 is 0 Å². The van der Waals surface area contributed by atoms with Crippen LogP contribution in [0.2, 0.25) is 0 Å². The molecule has 0 bridgehead atoms. The molecule has 1 saturated heterocycles. The van der Waals surface area contributed by atoms with Crippen LogP contribution in [0.5, 0.6) is 5.75 Å². The van der Waals surface area contributed by atoms with Crippen molar-refractivity contribution in [1.82, 2.24) is 19.9 Å². The maximum absolute atomic E-state index is 12.1. The van der Waals surface area contributed by atoms with Gasteiger partial charge in [-0.15, -0.1) is 0 Å². The molecule has 3 aromatic rings. The summed E-state index contributed by atoms with van der Waals surface area (Å²) < 4.78 is 12.6. The first kappa shape index (κ1) is 24.3. The second-order valence-electron chi connectivity index (χ2n) is 9.45. The van der Waals surface area contributed by atoms with Gasteiger partial charge in [-0.2, -0.15) is 10.4 Å². The van der Waals surface area contributed by atoms with Crippen LogP contribution in [0.1, 0.15) is 39.7 Å². The first-order valence-corrected chi connectivity index (χ1v) is 11.6. The lowest BCUT2D eigenvalue weighted by molar-refractivity contribution is 0.0402. The number of aromatic nitrogens is 3. The number of nitriles is 1. The monoisotopic (exact) mass is 478 g/mol. The van der Waals surface area contributed by atoms with Crippen LogP contribution in [0.25, 0.3) is 16.6 Å². The van der Waals surface area contributed by atoms with Gasteiger partial charge in [-0.25, -0.2) is 14.3 Å². The van der Waals surface area contributed by atoms with Crippen LogP contribution in [0.4, 0.5) is 10.6 Å². The van der Waals surface area contributed by atoms with Crippen molar-refractivity contribution in [3.63, 3.8) is 0 Å². The number of anilines is 1. The van der Waals surface area contributed by atoms with Crippen LogP contribution in [-0.2, 0) is 4.74 Å². The molecule has 1 fully saturated rings. The Kier molecular flexibility index (Phi) is 6.80. The van der Waals surface area contributed by atoms with Gasteiger partial charge >= 0.3 is 6.09 Å². The molecule has 2 N–H and O–H groups in total. The lowest BCUT2D eigenvalue weighted by atomic mass is 10.0. The number of alkyl carbamates (subject to hydrolysis) is 1. The summed E-state index contributed by atoms with van der Waals surface area (Å²) >= 11 is 0. The average molecular weight is 479 g/mol. The number of amides is 1.